The van der Waals surface area contributed by atoms with Crippen molar-refractivity contribution in [3.8, 4) is 5.75 Å². The third kappa shape index (κ3) is 3.10. The minimum Gasteiger partial charge on any atom is -0.493 e. The second kappa shape index (κ2) is 5.69. The third-order valence-electron chi connectivity index (χ3n) is 2.60. The molecule has 0 bridgehead atoms. The van der Waals surface area contributed by atoms with Gasteiger partial charge in [-0.2, -0.15) is 0 Å². The smallest absolute Gasteiger partial charge is 0.166 e. The van der Waals surface area contributed by atoms with E-state index in [2.05, 4.69) is 38.7 Å². The first-order valence-corrected chi connectivity index (χ1v) is 6.86. The van der Waals surface area contributed by atoms with E-state index in [1.165, 1.54) is 5.56 Å². The quantitative estimate of drug-likeness (QED) is 0.839. The zero-order valence-corrected chi connectivity index (χ0v) is 12.1. The molecule has 0 aliphatic carbocycles. The largest absolute Gasteiger partial charge is 0.493 e. The lowest BCUT2D eigenvalue weighted by Gasteiger charge is -2.12. The van der Waals surface area contributed by atoms with E-state index >= 15 is 0 Å². The van der Waals surface area contributed by atoms with E-state index in [1.807, 2.05) is 6.92 Å². The van der Waals surface area contributed by atoms with Crippen molar-refractivity contribution >= 4 is 33.3 Å². The highest BCUT2D eigenvalue weighted by molar-refractivity contribution is 9.10. The molecule has 0 saturated heterocycles. The number of fused-ring (bicyclic) bond motifs is 1. The molecule has 1 aromatic carbocycles. The van der Waals surface area contributed by atoms with Crippen LogP contribution in [0.15, 0.2) is 16.6 Å². The Kier molecular flexibility index (Phi) is 4.23. The SMILES string of the molecule is CCNC(=S)NCc1cc(Br)cc2c1OCC2. The van der Waals surface area contributed by atoms with Crippen LogP contribution in [0.2, 0.25) is 0 Å². The summed E-state index contributed by atoms with van der Waals surface area (Å²) in [7, 11) is 0. The number of hydrogen-bond acceptors (Lipinski definition) is 2. The fraction of sp³-hybridized carbons (Fsp3) is 0.417. The molecule has 5 heteroatoms. The highest BCUT2D eigenvalue weighted by Crippen LogP contribution is 2.32. The number of benzene rings is 1. The van der Waals surface area contributed by atoms with Gasteiger partial charge in [0.1, 0.15) is 5.75 Å². The van der Waals surface area contributed by atoms with Gasteiger partial charge in [-0.15, -0.1) is 0 Å². The monoisotopic (exact) mass is 314 g/mol. The first-order chi connectivity index (χ1) is 8.20. The van der Waals surface area contributed by atoms with Crippen LogP contribution in [-0.4, -0.2) is 18.3 Å². The zero-order chi connectivity index (χ0) is 12.3. The van der Waals surface area contributed by atoms with Crippen LogP contribution in [0.4, 0.5) is 0 Å². The summed E-state index contributed by atoms with van der Waals surface area (Å²) in [6.07, 6.45) is 0.986. The maximum atomic E-state index is 5.65. The van der Waals surface area contributed by atoms with Crippen molar-refractivity contribution in [3.63, 3.8) is 0 Å². The number of rotatable bonds is 3. The van der Waals surface area contributed by atoms with Crippen molar-refractivity contribution in [2.24, 2.45) is 0 Å². The number of hydrogen-bond donors (Lipinski definition) is 2. The molecule has 17 heavy (non-hydrogen) atoms. The summed E-state index contributed by atoms with van der Waals surface area (Å²) in [4.78, 5) is 0. The number of thiocarbonyl (C=S) groups is 1. The molecule has 3 nitrogen and oxygen atoms in total. The lowest BCUT2D eigenvalue weighted by Crippen LogP contribution is -2.34. The number of nitrogens with one attached hydrogen (secondary N) is 2. The summed E-state index contributed by atoms with van der Waals surface area (Å²) >= 11 is 8.66. The van der Waals surface area contributed by atoms with Crippen molar-refractivity contribution in [1.29, 1.82) is 0 Å². The summed E-state index contributed by atoms with van der Waals surface area (Å²) < 4.78 is 6.74. The summed E-state index contributed by atoms with van der Waals surface area (Å²) in [6.45, 7) is 4.32. The first-order valence-electron chi connectivity index (χ1n) is 5.66. The maximum absolute atomic E-state index is 5.65. The van der Waals surface area contributed by atoms with Gasteiger partial charge in [-0.05, 0) is 36.8 Å². The molecular weight excluding hydrogens is 300 g/mol. The van der Waals surface area contributed by atoms with Crippen LogP contribution in [0.1, 0.15) is 18.1 Å². The van der Waals surface area contributed by atoms with Gasteiger partial charge in [0.2, 0.25) is 0 Å². The molecule has 0 amide bonds. The van der Waals surface area contributed by atoms with Crippen LogP contribution >= 0.6 is 28.1 Å². The van der Waals surface area contributed by atoms with Gasteiger partial charge < -0.3 is 15.4 Å². The van der Waals surface area contributed by atoms with Gasteiger partial charge in [0.25, 0.3) is 0 Å². The van der Waals surface area contributed by atoms with E-state index in [4.69, 9.17) is 17.0 Å². The lowest BCUT2D eigenvalue weighted by molar-refractivity contribution is 0.353. The molecular formula is C12H15BrN2OS. The van der Waals surface area contributed by atoms with Crippen LogP contribution in [-0.2, 0) is 13.0 Å². The van der Waals surface area contributed by atoms with Crippen LogP contribution in [0.3, 0.4) is 0 Å². The first kappa shape index (κ1) is 12.6. The molecule has 2 N–H and O–H groups in total. The van der Waals surface area contributed by atoms with Crippen LogP contribution in [0.25, 0.3) is 0 Å². The van der Waals surface area contributed by atoms with E-state index < -0.39 is 0 Å². The predicted molar refractivity (Wildman–Crippen MR) is 76.5 cm³/mol. The van der Waals surface area contributed by atoms with E-state index in [1.54, 1.807) is 0 Å². The van der Waals surface area contributed by atoms with Crippen LogP contribution in [0.5, 0.6) is 5.75 Å². The summed E-state index contributed by atoms with van der Waals surface area (Å²) in [6, 6.07) is 4.19. The van der Waals surface area contributed by atoms with Gasteiger partial charge in [0.15, 0.2) is 5.11 Å². The Bertz CT molecular complexity index is 437. The molecule has 1 aromatic rings. The number of halogens is 1. The van der Waals surface area contributed by atoms with Gasteiger partial charge in [0, 0.05) is 29.5 Å². The Morgan fingerprint density at radius 3 is 3.06 bits per heavy atom. The zero-order valence-electron chi connectivity index (χ0n) is 9.68. The molecule has 0 atom stereocenters. The van der Waals surface area contributed by atoms with Gasteiger partial charge in [-0.3, -0.25) is 0 Å². The molecule has 1 heterocycles. The van der Waals surface area contributed by atoms with Gasteiger partial charge in [0.05, 0.1) is 6.61 Å². The third-order valence-corrected chi connectivity index (χ3v) is 3.35. The molecule has 2 rings (SSSR count). The molecule has 0 spiro atoms. The van der Waals surface area contributed by atoms with Crippen LogP contribution in [0, 0.1) is 0 Å². The molecule has 92 valence electrons. The van der Waals surface area contributed by atoms with Crippen molar-refractivity contribution < 1.29 is 4.74 Å². The lowest BCUT2D eigenvalue weighted by atomic mass is 10.1. The Hall–Kier alpha value is -0.810. The second-order valence-corrected chi connectivity index (χ2v) is 5.19. The average molecular weight is 315 g/mol. The highest BCUT2D eigenvalue weighted by atomic mass is 79.9. The average Bonchev–Trinajstić information content (AvgIpc) is 2.74. The fourth-order valence-electron chi connectivity index (χ4n) is 1.88. The molecule has 0 unspecified atom stereocenters. The van der Waals surface area contributed by atoms with Gasteiger partial charge in [-0.25, -0.2) is 0 Å². The van der Waals surface area contributed by atoms with E-state index in [-0.39, 0.29) is 0 Å². The standard InChI is InChI=1S/C12H15BrN2OS/c1-2-14-12(17)15-7-9-6-10(13)5-8-3-4-16-11(8)9/h5-6H,2-4,7H2,1H3,(H2,14,15,17). The minimum atomic E-state index is 0.680. The summed E-state index contributed by atoms with van der Waals surface area (Å²) in [5.74, 6) is 1.01. The number of ether oxygens (including phenoxy) is 1. The van der Waals surface area contributed by atoms with Crippen molar-refractivity contribution in [3.05, 3.63) is 27.7 Å². The summed E-state index contributed by atoms with van der Waals surface area (Å²) in [5, 5.41) is 6.92. The highest BCUT2D eigenvalue weighted by Gasteiger charge is 2.17. The Labute approximate surface area is 115 Å². The van der Waals surface area contributed by atoms with Crippen LogP contribution < -0.4 is 15.4 Å². The van der Waals surface area contributed by atoms with Gasteiger partial charge in [-0.1, -0.05) is 15.9 Å². The molecule has 0 saturated carbocycles. The maximum Gasteiger partial charge on any atom is 0.166 e. The molecule has 1 aliphatic heterocycles. The fourth-order valence-corrected chi connectivity index (χ4v) is 2.65. The normalized spacial score (nSPS) is 12.8. The van der Waals surface area contributed by atoms with Gasteiger partial charge >= 0.3 is 0 Å². The second-order valence-electron chi connectivity index (χ2n) is 3.86. The van der Waals surface area contributed by atoms with Crippen molar-refractivity contribution in [2.75, 3.05) is 13.2 Å². The van der Waals surface area contributed by atoms with E-state index in [0.29, 0.717) is 11.7 Å². The Balaban J connectivity index is 2.08. The molecule has 0 radical (unpaired) electrons. The van der Waals surface area contributed by atoms with Crippen molar-refractivity contribution in [1.82, 2.24) is 10.6 Å². The Morgan fingerprint density at radius 1 is 1.47 bits per heavy atom. The van der Waals surface area contributed by atoms with Crippen molar-refractivity contribution in [2.45, 2.75) is 19.9 Å². The van der Waals surface area contributed by atoms with E-state index in [0.717, 1.165) is 35.4 Å². The van der Waals surface area contributed by atoms with E-state index in [9.17, 15) is 0 Å². The molecule has 0 aromatic heterocycles. The molecule has 0 fully saturated rings. The minimum absolute atomic E-state index is 0.680. The Morgan fingerprint density at radius 2 is 2.29 bits per heavy atom. The topological polar surface area (TPSA) is 33.3 Å². The summed E-state index contributed by atoms with van der Waals surface area (Å²) in [5.41, 5.74) is 2.41. The molecule has 1 aliphatic rings. The predicted octanol–water partition coefficient (Wildman–Crippen LogP) is 2.37.